The molecule has 2 atom stereocenters. The van der Waals surface area contributed by atoms with Crippen LogP contribution in [0.3, 0.4) is 0 Å². The van der Waals surface area contributed by atoms with Crippen molar-refractivity contribution in [3.05, 3.63) is 33.8 Å². The lowest BCUT2D eigenvalue weighted by Crippen LogP contribution is -2.20. The van der Waals surface area contributed by atoms with Crippen LogP contribution in [0.25, 0.3) is 0 Å². The van der Waals surface area contributed by atoms with Gasteiger partial charge in [0.15, 0.2) is 0 Å². The Balaban J connectivity index is 2.78. The average molecular weight is 326 g/mol. The molecule has 0 spiro atoms. The van der Waals surface area contributed by atoms with Gasteiger partial charge in [0.25, 0.3) is 0 Å². The van der Waals surface area contributed by atoms with Crippen LogP contribution < -0.4 is 5.32 Å². The maximum atomic E-state index is 3.70. The van der Waals surface area contributed by atoms with Gasteiger partial charge < -0.3 is 5.32 Å². The highest BCUT2D eigenvalue weighted by atomic mass is 79.9. The second-order valence-corrected chi connectivity index (χ2v) is 6.37. The number of rotatable bonds is 8. The first-order valence-electron chi connectivity index (χ1n) is 7.55. The van der Waals surface area contributed by atoms with Crippen molar-refractivity contribution >= 4 is 15.9 Å². The van der Waals surface area contributed by atoms with E-state index in [9.17, 15) is 0 Å². The van der Waals surface area contributed by atoms with Crippen LogP contribution in [0, 0.1) is 12.8 Å². The lowest BCUT2D eigenvalue weighted by Gasteiger charge is -2.24. The highest BCUT2D eigenvalue weighted by Gasteiger charge is 2.17. The molecule has 0 bridgehead atoms. The molecule has 0 aliphatic carbocycles. The molecule has 19 heavy (non-hydrogen) atoms. The van der Waals surface area contributed by atoms with E-state index in [0.29, 0.717) is 6.04 Å². The molecular formula is C17H28BrN. The van der Waals surface area contributed by atoms with Gasteiger partial charge in [-0.1, -0.05) is 73.2 Å². The predicted molar refractivity (Wildman–Crippen MR) is 88.6 cm³/mol. The SMILES string of the molecule is CCCCC(CC)CC(NC)c1cc(C)ccc1Br. The highest BCUT2D eigenvalue weighted by Crippen LogP contribution is 2.31. The Morgan fingerprint density at radius 2 is 2.00 bits per heavy atom. The minimum absolute atomic E-state index is 0.455. The van der Waals surface area contributed by atoms with Gasteiger partial charge in [-0.2, -0.15) is 0 Å². The van der Waals surface area contributed by atoms with E-state index < -0.39 is 0 Å². The number of aryl methyl sites for hydroxylation is 1. The fourth-order valence-electron chi connectivity index (χ4n) is 2.65. The van der Waals surface area contributed by atoms with E-state index in [-0.39, 0.29) is 0 Å². The molecule has 0 aliphatic heterocycles. The van der Waals surface area contributed by atoms with Crippen LogP contribution in [0.15, 0.2) is 22.7 Å². The normalized spacial score (nSPS) is 14.4. The Labute approximate surface area is 127 Å². The first-order chi connectivity index (χ1) is 9.12. The zero-order valence-corrected chi connectivity index (χ0v) is 14.4. The molecule has 0 aromatic heterocycles. The second kappa shape index (κ2) is 8.76. The van der Waals surface area contributed by atoms with Crippen LogP contribution >= 0.6 is 15.9 Å². The number of halogens is 1. The molecule has 1 aromatic carbocycles. The van der Waals surface area contributed by atoms with E-state index in [2.05, 4.69) is 67.3 Å². The Hall–Kier alpha value is -0.340. The first kappa shape index (κ1) is 16.7. The molecule has 2 unspecified atom stereocenters. The van der Waals surface area contributed by atoms with Crippen LogP contribution in [0.1, 0.15) is 63.1 Å². The van der Waals surface area contributed by atoms with Crippen molar-refractivity contribution in [2.24, 2.45) is 5.92 Å². The smallest absolute Gasteiger partial charge is 0.0331 e. The van der Waals surface area contributed by atoms with E-state index >= 15 is 0 Å². The van der Waals surface area contributed by atoms with Gasteiger partial charge in [-0.05, 0) is 37.9 Å². The fourth-order valence-corrected chi connectivity index (χ4v) is 3.17. The highest BCUT2D eigenvalue weighted by molar-refractivity contribution is 9.10. The Bertz CT molecular complexity index is 376. The summed E-state index contributed by atoms with van der Waals surface area (Å²) < 4.78 is 1.22. The van der Waals surface area contributed by atoms with Crippen LogP contribution in [-0.4, -0.2) is 7.05 Å². The number of nitrogens with one attached hydrogen (secondary N) is 1. The quantitative estimate of drug-likeness (QED) is 0.653. The predicted octanol–water partition coefficient (Wildman–Crippen LogP) is 5.62. The third-order valence-corrected chi connectivity index (χ3v) is 4.71. The molecule has 108 valence electrons. The maximum Gasteiger partial charge on any atom is 0.0331 e. The van der Waals surface area contributed by atoms with Crippen molar-refractivity contribution in [2.45, 2.75) is 58.9 Å². The third-order valence-electron chi connectivity index (χ3n) is 3.99. The molecule has 0 aliphatic rings. The summed E-state index contributed by atoms with van der Waals surface area (Å²) >= 11 is 3.70. The lowest BCUT2D eigenvalue weighted by molar-refractivity contribution is 0.364. The summed E-state index contributed by atoms with van der Waals surface area (Å²) in [7, 11) is 2.08. The molecule has 0 heterocycles. The Morgan fingerprint density at radius 3 is 2.58 bits per heavy atom. The van der Waals surface area contributed by atoms with E-state index in [0.717, 1.165) is 5.92 Å². The molecule has 0 saturated heterocycles. The van der Waals surface area contributed by atoms with E-state index in [4.69, 9.17) is 0 Å². The van der Waals surface area contributed by atoms with Gasteiger partial charge in [-0.25, -0.2) is 0 Å². The second-order valence-electron chi connectivity index (χ2n) is 5.52. The standard InChI is InChI=1S/C17H28BrN/c1-5-7-8-14(6-2)12-17(19-4)15-11-13(3)9-10-16(15)18/h9-11,14,17,19H,5-8,12H2,1-4H3. The monoisotopic (exact) mass is 325 g/mol. The van der Waals surface area contributed by atoms with Gasteiger partial charge in [0, 0.05) is 10.5 Å². The molecule has 0 saturated carbocycles. The summed E-state index contributed by atoms with van der Waals surface area (Å²) in [6.45, 7) is 6.76. The molecule has 1 rings (SSSR count). The van der Waals surface area contributed by atoms with Gasteiger partial charge >= 0.3 is 0 Å². The Morgan fingerprint density at radius 1 is 1.26 bits per heavy atom. The molecule has 1 N–H and O–H groups in total. The molecule has 2 heteroatoms. The van der Waals surface area contributed by atoms with Crippen molar-refractivity contribution in [3.8, 4) is 0 Å². The molecule has 0 fully saturated rings. The van der Waals surface area contributed by atoms with Gasteiger partial charge in [0.2, 0.25) is 0 Å². The lowest BCUT2D eigenvalue weighted by atomic mass is 9.89. The van der Waals surface area contributed by atoms with Gasteiger partial charge in [-0.15, -0.1) is 0 Å². The number of unbranched alkanes of at least 4 members (excludes halogenated alkanes) is 1. The molecule has 1 nitrogen and oxygen atoms in total. The van der Waals surface area contributed by atoms with E-state index in [1.807, 2.05) is 0 Å². The minimum atomic E-state index is 0.455. The fraction of sp³-hybridized carbons (Fsp3) is 0.647. The summed E-state index contributed by atoms with van der Waals surface area (Å²) in [6.07, 6.45) is 6.52. The van der Waals surface area contributed by atoms with Crippen LogP contribution in [0.5, 0.6) is 0 Å². The van der Waals surface area contributed by atoms with Crippen molar-refractivity contribution in [1.82, 2.24) is 5.32 Å². The van der Waals surface area contributed by atoms with Crippen LogP contribution in [0.2, 0.25) is 0 Å². The molecular weight excluding hydrogens is 298 g/mol. The topological polar surface area (TPSA) is 12.0 Å². The third kappa shape index (κ3) is 5.27. The summed E-state index contributed by atoms with van der Waals surface area (Å²) in [6, 6.07) is 7.09. The molecule has 0 amide bonds. The summed E-state index contributed by atoms with van der Waals surface area (Å²) in [5, 5.41) is 3.50. The van der Waals surface area contributed by atoms with Crippen molar-refractivity contribution in [1.29, 1.82) is 0 Å². The van der Waals surface area contributed by atoms with E-state index in [1.165, 1.54) is 47.7 Å². The summed E-state index contributed by atoms with van der Waals surface area (Å²) in [5.41, 5.74) is 2.73. The maximum absolute atomic E-state index is 3.70. The van der Waals surface area contributed by atoms with Gasteiger partial charge in [0.05, 0.1) is 0 Å². The molecule has 0 radical (unpaired) electrons. The zero-order chi connectivity index (χ0) is 14.3. The zero-order valence-electron chi connectivity index (χ0n) is 12.8. The van der Waals surface area contributed by atoms with E-state index in [1.54, 1.807) is 0 Å². The van der Waals surface area contributed by atoms with Crippen molar-refractivity contribution in [3.63, 3.8) is 0 Å². The van der Waals surface area contributed by atoms with Crippen LogP contribution in [-0.2, 0) is 0 Å². The largest absolute Gasteiger partial charge is 0.313 e. The van der Waals surface area contributed by atoms with Crippen molar-refractivity contribution in [2.75, 3.05) is 7.05 Å². The number of benzene rings is 1. The van der Waals surface area contributed by atoms with Gasteiger partial charge in [0.1, 0.15) is 0 Å². The molecule has 1 aromatic rings. The first-order valence-corrected chi connectivity index (χ1v) is 8.34. The van der Waals surface area contributed by atoms with Crippen molar-refractivity contribution < 1.29 is 0 Å². The summed E-state index contributed by atoms with van der Waals surface area (Å²) in [4.78, 5) is 0. The Kier molecular flexibility index (Phi) is 7.70. The minimum Gasteiger partial charge on any atom is -0.313 e. The number of hydrogen-bond acceptors (Lipinski definition) is 1. The van der Waals surface area contributed by atoms with Crippen LogP contribution in [0.4, 0.5) is 0 Å². The average Bonchev–Trinajstić information content (AvgIpc) is 2.42. The number of hydrogen-bond donors (Lipinski definition) is 1. The van der Waals surface area contributed by atoms with Gasteiger partial charge in [-0.3, -0.25) is 0 Å². The summed E-state index contributed by atoms with van der Waals surface area (Å²) in [5.74, 6) is 0.824.